The molecule has 0 amide bonds. The summed E-state index contributed by atoms with van der Waals surface area (Å²) in [6.45, 7) is 0.738. The molecule has 1 saturated carbocycles. The molecule has 106 valence electrons. The van der Waals surface area contributed by atoms with E-state index in [2.05, 4.69) is 10.3 Å². The van der Waals surface area contributed by atoms with Crippen molar-refractivity contribution >= 4 is 17.4 Å². The van der Waals surface area contributed by atoms with E-state index in [9.17, 15) is 13.2 Å². The Hall–Kier alpha value is -0.970. The first-order valence-corrected chi connectivity index (χ1v) is 6.80. The molecule has 1 heterocycles. The lowest BCUT2D eigenvalue weighted by molar-refractivity contribution is -0.137. The maximum atomic E-state index is 12.4. The Labute approximate surface area is 115 Å². The van der Waals surface area contributed by atoms with Crippen molar-refractivity contribution in [3.8, 4) is 0 Å². The average molecular weight is 293 g/mol. The van der Waals surface area contributed by atoms with Crippen LogP contribution in [0.2, 0.25) is 0 Å². The molecule has 1 aliphatic carbocycles. The fraction of sp³-hybridized carbons (Fsp3) is 0.615. The van der Waals surface area contributed by atoms with E-state index in [4.69, 9.17) is 11.6 Å². The van der Waals surface area contributed by atoms with Crippen LogP contribution in [0.15, 0.2) is 18.3 Å². The Morgan fingerprint density at radius 3 is 2.42 bits per heavy atom. The first kappa shape index (κ1) is 14.4. The van der Waals surface area contributed by atoms with Gasteiger partial charge in [0.1, 0.15) is 5.82 Å². The molecule has 0 spiro atoms. The fourth-order valence-electron chi connectivity index (χ4n) is 2.24. The summed E-state index contributed by atoms with van der Waals surface area (Å²) < 4.78 is 37.1. The summed E-state index contributed by atoms with van der Waals surface area (Å²) in [6, 6.07) is 2.42. The van der Waals surface area contributed by atoms with Crippen molar-refractivity contribution < 1.29 is 13.2 Å². The van der Waals surface area contributed by atoms with Crippen molar-refractivity contribution in [3.63, 3.8) is 0 Å². The van der Waals surface area contributed by atoms with Gasteiger partial charge in [0.05, 0.1) is 5.56 Å². The summed E-state index contributed by atoms with van der Waals surface area (Å²) >= 11 is 6.02. The van der Waals surface area contributed by atoms with E-state index >= 15 is 0 Å². The number of nitrogens with one attached hydrogen (secondary N) is 1. The van der Waals surface area contributed by atoms with Crippen molar-refractivity contribution in [1.82, 2.24) is 4.98 Å². The van der Waals surface area contributed by atoms with Gasteiger partial charge in [0.15, 0.2) is 0 Å². The maximum Gasteiger partial charge on any atom is 0.417 e. The van der Waals surface area contributed by atoms with E-state index in [-0.39, 0.29) is 5.38 Å². The third kappa shape index (κ3) is 4.27. The van der Waals surface area contributed by atoms with Crippen LogP contribution in [-0.4, -0.2) is 16.9 Å². The number of rotatable bonds is 3. The minimum atomic E-state index is -4.33. The molecule has 0 bridgehead atoms. The van der Waals surface area contributed by atoms with Gasteiger partial charge >= 0.3 is 6.18 Å². The molecule has 6 heteroatoms. The van der Waals surface area contributed by atoms with E-state index in [1.165, 1.54) is 6.07 Å². The summed E-state index contributed by atoms with van der Waals surface area (Å²) in [5.41, 5.74) is -0.722. The van der Waals surface area contributed by atoms with Crippen LogP contribution in [-0.2, 0) is 6.18 Å². The molecule has 19 heavy (non-hydrogen) atoms. The lowest BCUT2D eigenvalue weighted by Crippen LogP contribution is -2.21. The van der Waals surface area contributed by atoms with Gasteiger partial charge in [0.2, 0.25) is 0 Å². The van der Waals surface area contributed by atoms with Gasteiger partial charge in [-0.3, -0.25) is 0 Å². The molecule has 0 radical (unpaired) electrons. The van der Waals surface area contributed by atoms with Crippen LogP contribution in [0, 0.1) is 5.92 Å². The molecule has 0 atom stereocenters. The Morgan fingerprint density at radius 2 is 1.89 bits per heavy atom. The summed E-state index contributed by atoms with van der Waals surface area (Å²) in [5.74, 6) is 1.01. The highest BCUT2D eigenvalue weighted by atomic mass is 35.5. The predicted molar refractivity (Wildman–Crippen MR) is 69.3 cm³/mol. The molecule has 1 N–H and O–H groups in total. The highest BCUT2D eigenvalue weighted by Crippen LogP contribution is 2.30. The van der Waals surface area contributed by atoms with Crippen LogP contribution in [0.3, 0.4) is 0 Å². The van der Waals surface area contributed by atoms with Crippen LogP contribution in [0.5, 0.6) is 0 Å². The highest BCUT2D eigenvalue weighted by molar-refractivity contribution is 6.20. The summed E-state index contributed by atoms with van der Waals surface area (Å²) in [7, 11) is 0. The number of halogens is 4. The van der Waals surface area contributed by atoms with E-state index < -0.39 is 11.7 Å². The topological polar surface area (TPSA) is 24.9 Å². The van der Waals surface area contributed by atoms with Gasteiger partial charge in [-0.2, -0.15) is 13.2 Å². The van der Waals surface area contributed by atoms with Crippen LogP contribution < -0.4 is 5.32 Å². The highest BCUT2D eigenvalue weighted by Gasteiger charge is 2.30. The van der Waals surface area contributed by atoms with Crippen molar-refractivity contribution in [2.24, 2.45) is 5.92 Å². The molecular formula is C13H16ClF3N2. The monoisotopic (exact) mass is 292 g/mol. The summed E-state index contributed by atoms with van der Waals surface area (Å²) in [6.07, 6.45) is 0.661. The average Bonchev–Trinajstić information content (AvgIpc) is 2.37. The van der Waals surface area contributed by atoms with Crippen molar-refractivity contribution in [2.45, 2.75) is 37.2 Å². The van der Waals surface area contributed by atoms with E-state index in [1.54, 1.807) is 0 Å². The normalized spacial score (nSPS) is 24.2. The van der Waals surface area contributed by atoms with Crippen LogP contribution >= 0.6 is 11.6 Å². The van der Waals surface area contributed by atoms with Gasteiger partial charge in [-0.05, 0) is 43.7 Å². The summed E-state index contributed by atoms with van der Waals surface area (Å²) in [5, 5.41) is 3.36. The lowest BCUT2D eigenvalue weighted by atomic mass is 9.89. The third-order valence-corrected chi connectivity index (χ3v) is 3.88. The second-order valence-electron chi connectivity index (χ2n) is 4.93. The molecule has 0 aliphatic heterocycles. The molecule has 1 aromatic rings. The Kier molecular flexibility index (Phi) is 4.55. The quantitative estimate of drug-likeness (QED) is 0.840. The molecular weight excluding hydrogens is 277 g/mol. The zero-order valence-electron chi connectivity index (χ0n) is 10.4. The van der Waals surface area contributed by atoms with Crippen LogP contribution in [0.1, 0.15) is 31.2 Å². The molecule has 1 aliphatic rings. The molecule has 2 rings (SSSR count). The van der Waals surface area contributed by atoms with Crippen molar-refractivity contribution in [3.05, 3.63) is 23.9 Å². The summed E-state index contributed by atoms with van der Waals surface area (Å²) in [4.78, 5) is 3.79. The van der Waals surface area contributed by atoms with Gasteiger partial charge in [-0.1, -0.05) is 0 Å². The number of hydrogen-bond acceptors (Lipinski definition) is 2. The standard InChI is InChI=1S/C13H16ClF3N2/c14-11-4-1-9(2-5-11)7-18-12-6-3-10(8-19-12)13(15,16)17/h3,6,8-9,11H,1-2,4-5,7H2,(H,18,19). The third-order valence-electron chi connectivity index (χ3n) is 3.44. The molecule has 2 nitrogen and oxygen atoms in total. The first-order chi connectivity index (χ1) is 8.95. The van der Waals surface area contributed by atoms with Gasteiger partial charge in [-0.25, -0.2) is 4.98 Å². The molecule has 0 aromatic carbocycles. The van der Waals surface area contributed by atoms with Crippen molar-refractivity contribution in [2.75, 3.05) is 11.9 Å². The van der Waals surface area contributed by atoms with Crippen LogP contribution in [0.4, 0.5) is 19.0 Å². The van der Waals surface area contributed by atoms with Gasteiger partial charge in [0.25, 0.3) is 0 Å². The van der Waals surface area contributed by atoms with Gasteiger partial charge in [-0.15, -0.1) is 11.6 Å². The Balaban J connectivity index is 1.83. The Bertz CT molecular complexity index is 397. The lowest BCUT2D eigenvalue weighted by Gasteiger charge is -2.25. The number of pyridine rings is 1. The van der Waals surface area contributed by atoms with Gasteiger partial charge < -0.3 is 5.32 Å². The Morgan fingerprint density at radius 1 is 1.21 bits per heavy atom. The van der Waals surface area contributed by atoms with E-state index in [0.717, 1.165) is 44.5 Å². The number of anilines is 1. The zero-order chi connectivity index (χ0) is 13.9. The second kappa shape index (κ2) is 5.99. The van der Waals surface area contributed by atoms with Crippen LogP contribution in [0.25, 0.3) is 0 Å². The van der Waals surface area contributed by atoms with E-state index in [0.29, 0.717) is 11.7 Å². The smallest absolute Gasteiger partial charge is 0.370 e. The zero-order valence-corrected chi connectivity index (χ0v) is 11.1. The second-order valence-corrected chi connectivity index (χ2v) is 5.55. The number of hydrogen-bond donors (Lipinski definition) is 1. The molecule has 1 aromatic heterocycles. The fourth-order valence-corrected chi connectivity index (χ4v) is 2.49. The molecule has 0 saturated heterocycles. The first-order valence-electron chi connectivity index (χ1n) is 6.36. The predicted octanol–water partition coefficient (Wildman–Crippen LogP) is 4.31. The minimum Gasteiger partial charge on any atom is -0.370 e. The number of aromatic nitrogens is 1. The molecule has 0 unspecified atom stereocenters. The maximum absolute atomic E-state index is 12.4. The van der Waals surface area contributed by atoms with Gasteiger partial charge in [0, 0.05) is 18.1 Å². The number of alkyl halides is 4. The largest absolute Gasteiger partial charge is 0.417 e. The SMILES string of the molecule is FC(F)(F)c1ccc(NCC2CCC(Cl)CC2)nc1. The molecule has 1 fully saturated rings. The minimum absolute atomic E-state index is 0.278. The number of nitrogens with zero attached hydrogens (tertiary/aromatic N) is 1. The van der Waals surface area contributed by atoms with E-state index in [1.807, 2.05) is 0 Å². The van der Waals surface area contributed by atoms with Crippen molar-refractivity contribution in [1.29, 1.82) is 0 Å².